The fraction of sp³-hybridized carbons (Fsp3) is 0.100. The van der Waals surface area contributed by atoms with Crippen LogP contribution >= 0.6 is 0 Å². The van der Waals surface area contributed by atoms with Crippen LogP contribution in [0.5, 0.6) is 5.75 Å². The Morgan fingerprint density at radius 1 is 0.857 bits per heavy atom. The fourth-order valence-electron chi connectivity index (χ4n) is 3.03. The molecule has 102 valence electrons. The zero-order chi connectivity index (χ0) is 14.2. The van der Waals surface area contributed by atoms with Crippen molar-refractivity contribution in [1.82, 2.24) is 0 Å². The Labute approximate surface area is 124 Å². The average molecular weight is 272 g/mol. The number of allylic oxidation sites excluding steroid dienone is 1. The molecule has 0 heterocycles. The van der Waals surface area contributed by atoms with E-state index in [1.807, 2.05) is 12.1 Å². The molecular weight excluding hydrogens is 256 g/mol. The Morgan fingerprint density at radius 2 is 1.57 bits per heavy atom. The van der Waals surface area contributed by atoms with E-state index in [1.54, 1.807) is 7.11 Å². The number of fused-ring (bicyclic) bond motifs is 2. The van der Waals surface area contributed by atoms with Crippen LogP contribution < -0.4 is 4.74 Å². The molecule has 0 spiro atoms. The topological polar surface area (TPSA) is 9.23 Å². The van der Waals surface area contributed by atoms with Gasteiger partial charge in [0.25, 0.3) is 0 Å². The van der Waals surface area contributed by atoms with Crippen LogP contribution in [0.1, 0.15) is 16.7 Å². The monoisotopic (exact) mass is 272 g/mol. The SMILES string of the molecule is COc1ccc(C2=Cc3cc4ccccc4cc3C2)cc1. The molecule has 1 aliphatic rings. The van der Waals surface area contributed by atoms with Crippen molar-refractivity contribution >= 4 is 22.4 Å². The van der Waals surface area contributed by atoms with Gasteiger partial charge in [-0.25, -0.2) is 0 Å². The van der Waals surface area contributed by atoms with Crippen LogP contribution in [0.15, 0.2) is 60.7 Å². The molecular formula is C20H16O. The molecule has 3 aromatic rings. The third-order valence-electron chi connectivity index (χ3n) is 4.18. The molecule has 0 unspecified atom stereocenters. The van der Waals surface area contributed by atoms with Crippen molar-refractivity contribution in [1.29, 1.82) is 0 Å². The summed E-state index contributed by atoms with van der Waals surface area (Å²) in [6, 6.07) is 21.5. The van der Waals surface area contributed by atoms with Crippen LogP contribution in [0.4, 0.5) is 0 Å². The average Bonchev–Trinajstić information content (AvgIpc) is 2.95. The van der Waals surface area contributed by atoms with Gasteiger partial charge in [0.05, 0.1) is 7.11 Å². The molecule has 4 rings (SSSR count). The lowest BCUT2D eigenvalue weighted by molar-refractivity contribution is 0.415. The lowest BCUT2D eigenvalue weighted by Crippen LogP contribution is -1.87. The number of ether oxygens (including phenoxy) is 1. The third kappa shape index (κ3) is 2.11. The van der Waals surface area contributed by atoms with Gasteiger partial charge in [-0.15, -0.1) is 0 Å². The minimum atomic E-state index is 0.903. The molecule has 3 aromatic carbocycles. The predicted octanol–water partition coefficient (Wildman–Crippen LogP) is 4.95. The second-order valence-electron chi connectivity index (χ2n) is 5.47. The molecule has 0 saturated carbocycles. The second kappa shape index (κ2) is 4.78. The molecule has 1 nitrogen and oxygen atoms in total. The highest BCUT2D eigenvalue weighted by Gasteiger charge is 2.14. The summed E-state index contributed by atoms with van der Waals surface area (Å²) < 4.78 is 5.23. The van der Waals surface area contributed by atoms with Crippen LogP contribution in [0, 0.1) is 0 Å². The molecule has 0 amide bonds. The van der Waals surface area contributed by atoms with Crippen molar-refractivity contribution in [2.75, 3.05) is 7.11 Å². The highest BCUT2D eigenvalue weighted by Crippen LogP contribution is 2.34. The summed E-state index contributed by atoms with van der Waals surface area (Å²) in [5.41, 5.74) is 5.41. The number of hydrogen-bond donors (Lipinski definition) is 0. The summed E-state index contributed by atoms with van der Waals surface area (Å²) >= 11 is 0. The van der Waals surface area contributed by atoms with Crippen molar-refractivity contribution in [2.24, 2.45) is 0 Å². The smallest absolute Gasteiger partial charge is 0.118 e. The molecule has 0 bridgehead atoms. The van der Waals surface area contributed by atoms with Gasteiger partial charge in [-0.3, -0.25) is 0 Å². The van der Waals surface area contributed by atoms with Crippen molar-refractivity contribution in [3.63, 3.8) is 0 Å². The summed E-state index contributed by atoms with van der Waals surface area (Å²) in [6.45, 7) is 0. The van der Waals surface area contributed by atoms with E-state index in [9.17, 15) is 0 Å². The summed E-state index contributed by atoms with van der Waals surface area (Å²) in [5, 5.41) is 2.63. The van der Waals surface area contributed by atoms with Crippen LogP contribution in [-0.2, 0) is 6.42 Å². The first-order valence-electron chi connectivity index (χ1n) is 7.20. The van der Waals surface area contributed by atoms with Gasteiger partial charge in [-0.1, -0.05) is 48.5 Å². The van der Waals surface area contributed by atoms with E-state index in [0.29, 0.717) is 0 Å². The Morgan fingerprint density at radius 3 is 2.29 bits per heavy atom. The summed E-state index contributed by atoms with van der Waals surface area (Å²) in [6.07, 6.45) is 3.32. The normalized spacial score (nSPS) is 13.1. The van der Waals surface area contributed by atoms with E-state index in [-0.39, 0.29) is 0 Å². The van der Waals surface area contributed by atoms with Gasteiger partial charge in [-0.05, 0) is 57.7 Å². The summed E-state index contributed by atoms with van der Waals surface area (Å²) in [5.74, 6) is 0.903. The minimum Gasteiger partial charge on any atom is -0.497 e. The summed E-state index contributed by atoms with van der Waals surface area (Å²) in [4.78, 5) is 0. The molecule has 0 aromatic heterocycles. The first kappa shape index (κ1) is 12.2. The van der Waals surface area contributed by atoms with E-state index < -0.39 is 0 Å². The number of methoxy groups -OCH3 is 1. The maximum absolute atomic E-state index is 5.23. The molecule has 0 radical (unpaired) electrons. The number of rotatable bonds is 2. The molecule has 1 heteroatoms. The third-order valence-corrected chi connectivity index (χ3v) is 4.18. The summed E-state index contributed by atoms with van der Waals surface area (Å²) in [7, 11) is 1.70. The highest BCUT2D eigenvalue weighted by atomic mass is 16.5. The number of benzene rings is 3. The standard InChI is InChI=1S/C20H16O/c1-21-20-8-6-14(7-9-20)17-12-18-10-15-4-2-3-5-16(15)11-19(18)13-17/h2-12H,13H2,1H3. The van der Waals surface area contributed by atoms with Gasteiger partial charge in [0.2, 0.25) is 0 Å². The predicted molar refractivity (Wildman–Crippen MR) is 88.5 cm³/mol. The second-order valence-corrected chi connectivity index (χ2v) is 5.47. The first-order chi connectivity index (χ1) is 10.3. The maximum atomic E-state index is 5.23. The van der Waals surface area contributed by atoms with Crippen LogP contribution in [0.2, 0.25) is 0 Å². The Balaban J connectivity index is 1.74. The number of hydrogen-bond acceptors (Lipinski definition) is 1. The van der Waals surface area contributed by atoms with Gasteiger partial charge in [0.15, 0.2) is 0 Å². The quantitative estimate of drug-likeness (QED) is 0.641. The Bertz CT molecular complexity index is 841. The lowest BCUT2D eigenvalue weighted by Gasteiger charge is -2.05. The Kier molecular flexibility index (Phi) is 2.78. The van der Waals surface area contributed by atoms with E-state index in [0.717, 1.165) is 12.2 Å². The largest absolute Gasteiger partial charge is 0.497 e. The minimum absolute atomic E-state index is 0.903. The molecule has 21 heavy (non-hydrogen) atoms. The molecule has 0 saturated heterocycles. The zero-order valence-corrected chi connectivity index (χ0v) is 12.0. The van der Waals surface area contributed by atoms with Crippen LogP contribution in [-0.4, -0.2) is 7.11 Å². The highest BCUT2D eigenvalue weighted by molar-refractivity contribution is 5.94. The molecule has 0 fully saturated rings. The van der Waals surface area contributed by atoms with E-state index >= 15 is 0 Å². The van der Waals surface area contributed by atoms with E-state index in [2.05, 4.69) is 54.6 Å². The maximum Gasteiger partial charge on any atom is 0.118 e. The zero-order valence-electron chi connectivity index (χ0n) is 12.0. The molecule has 1 aliphatic carbocycles. The molecule has 0 atom stereocenters. The van der Waals surface area contributed by atoms with E-state index in [4.69, 9.17) is 4.74 Å². The van der Waals surface area contributed by atoms with Gasteiger partial charge in [0, 0.05) is 0 Å². The first-order valence-corrected chi connectivity index (χ1v) is 7.20. The van der Waals surface area contributed by atoms with Gasteiger partial charge >= 0.3 is 0 Å². The van der Waals surface area contributed by atoms with Gasteiger partial charge in [-0.2, -0.15) is 0 Å². The van der Waals surface area contributed by atoms with Crippen molar-refractivity contribution in [3.05, 3.63) is 77.4 Å². The van der Waals surface area contributed by atoms with Crippen molar-refractivity contribution < 1.29 is 4.74 Å². The van der Waals surface area contributed by atoms with Gasteiger partial charge < -0.3 is 4.74 Å². The van der Waals surface area contributed by atoms with Crippen molar-refractivity contribution in [3.8, 4) is 5.75 Å². The fourth-order valence-corrected chi connectivity index (χ4v) is 3.03. The van der Waals surface area contributed by atoms with Crippen molar-refractivity contribution in [2.45, 2.75) is 6.42 Å². The Hall–Kier alpha value is -2.54. The van der Waals surface area contributed by atoms with Gasteiger partial charge in [0.1, 0.15) is 5.75 Å². The van der Waals surface area contributed by atoms with Crippen LogP contribution in [0.25, 0.3) is 22.4 Å². The molecule has 0 aliphatic heterocycles. The lowest BCUT2D eigenvalue weighted by atomic mass is 10.0. The van der Waals surface area contributed by atoms with E-state index in [1.165, 1.54) is 33.0 Å². The molecule has 0 N–H and O–H groups in total. The van der Waals surface area contributed by atoms with Crippen LogP contribution in [0.3, 0.4) is 0 Å².